The SMILES string of the molecule is CC(C)CN=C(NCC1CCS(=O)(=O)C1)N1CCC(c2ccccc2)C1.I. The molecule has 2 saturated heterocycles. The van der Waals surface area contributed by atoms with Crippen LogP contribution in [0.5, 0.6) is 0 Å². The first kappa shape index (κ1) is 22.5. The van der Waals surface area contributed by atoms with Gasteiger partial charge in [0.2, 0.25) is 0 Å². The van der Waals surface area contributed by atoms with E-state index in [1.54, 1.807) is 0 Å². The zero-order valence-electron chi connectivity index (χ0n) is 16.3. The summed E-state index contributed by atoms with van der Waals surface area (Å²) in [5, 5.41) is 3.48. The van der Waals surface area contributed by atoms with Crippen molar-refractivity contribution >= 4 is 39.8 Å². The molecule has 0 amide bonds. The smallest absolute Gasteiger partial charge is 0.193 e. The van der Waals surface area contributed by atoms with Crippen LogP contribution >= 0.6 is 24.0 Å². The summed E-state index contributed by atoms with van der Waals surface area (Å²) >= 11 is 0. The molecule has 0 radical (unpaired) electrons. The molecule has 2 aliphatic heterocycles. The third-order valence-corrected chi connectivity index (χ3v) is 7.08. The van der Waals surface area contributed by atoms with Crippen LogP contribution in [0.15, 0.2) is 35.3 Å². The third kappa shape index (κ3) is 6.62. The minimum Gasteiger partial charge on any atom is -0.356 e. The summed E-state index contributed by atoms with van der Waals surface area (Å²) in [6, 6.07) is 10.7. The molecule has 2 fully saturated rings. The molecule has 0 aliphatic carbocycles. The molecular formula is C20H32IN3O2S. The van der Waals surface area contributed by atoms with Crippen molar-refractivity contribution in [3.05, 3.63) is 35.9 Å². The highest BCUT2D eigenvalue weighted by molar-refractivity contribution is 14.0. The summed E-state index contributed by atoms with van der Waals surface area (Å²) in [4.78, 5) is 7.15. The Morgan fingerprint density at radius 2 is 2.00 bits per heavy atom. The van der Waals surface area contributed by atoms with Crippen molar-refractivity contribution in [2.75, 3.05) is 37.7 Å². The van der Waals surface area contributed by atoms with Gasteiger partial charge >= 0.3 is 0 Å². The van der Waals surface area contributed by atoms with Gasteiger partial charge in [-0.3, -0.25) is 4.99 Å². The summed E-state index contributed by atoms with van der Waals surface area (Å²) in [6.07, 6.45) is 1.89. The lowest BCUT2D eigenvalue weighted by Crippen LogP contribution is -2.42. The summed E-state index contributed by atoms with van der Waals surface area (Å²) in [5.74, 6) is 2.83. The van der Waals surface area contributed by atoms with Crippen LogP contribution in [0, 0.1) is 11.8 Å². The average Bonchev–Trinajstić information content (AvgIpc) is 3.22. The minimum absolute atomic E-state index is 0. The Bertz CT molecular complexity index is 722. The molecule has 1 aromatic carbocycles. The Hall–Kier alpha value is -0.830. The van der Waals surface area contributed by atoms with Crippen molar-refractivity contribution in [1.82, 2.24) is 10.2 Å². The number of nitrogens with zero attached hydrogens (tertiary/aromatic N) is 2. The number of rotatable bonds is 5. The van der Waals surface area contributed by atoms with Crippen LogP contribution in [0.3, 0.4) is 0 Å². The van der Waals surface area contributed by atoms with Gasteiger partial charge in [0.25, 0.3) is 0 Å². The van der Waals surface area contributed by atoms with Crippen LogP contribution < -0.4 is 5.32 Å². The lowest BCUT2D eigenvalue weighted by molar-refractivity contribution is 0.466. The van der Waals surface area contributed by atoms with Gasteiger partial charge < -0.3 is 10.2 Å². The van der Waals surface area contributed by atoms with Gasteiger partial charge in [-0.25, -0.2) is 8.42 Å². The normalized spacial score (nSPS) is 24.9. The van der Waals surface area contributed by atoms with Gasteiger partial charge in [0.05, 0.1) is 11.5 Å². The molecule has 27 heavy (non-hydrogen) atoms. The predicted molar refractivity (Wildman–Crippen MR) is 123 cm³/mol. The second-order valence-corrected chi connectivity index (χ2v) is 10.3. The monoisotopic (exact) mass is 505 g/mol. The predicted octanol–water partition coefficient (Wildman–Crippen LogP) is 3.13. The summed E-state index contributed by atoms with van der Waals surface area (Å²) in [6.45, 7) is 7.78. The Morgan fingerprint density at radius 3 is 2.63 bits per heavy atom. The van der Waals surface area contributed by atoms with E-state index < -0.39 is 9.84 Å². The van der Waals surface area contributed by atoms with E-state index in [4.69, 9.17) is 4.99 Å². The number of likely N-dealkylation sites (tertiary alicyclic amines) is 1. The number of guanidine groups is 1. The number of sulfone groups is 1. The molecule has 1 N–H and O–H groups in total. The van der Waals surface area contributed by atoms with Crippen LogP contribution in [0.4, 0.5) is 0 Å². The first-order valence-electron chi connectivity index (χ1n) is 9.71. The number of aliphatic imine (C=N–C) groups is 1. The van der Waals surface area contributed by atoms with Crippen molar-refractivity contribution in [1.29, 1.82) is 0 Å². The lowest BCUT2D eigenvalue weighted by Gasteiger charge is -2.24. The molecule has 3 rings (SSSR count). The molecule has 0 spiro atoms. The first-order valence-corrected chi connectivity index (χ1v) is 11.5. The zero-order chi connectivity index (χ0) is 18.6. The Labute approximate surface area is 181 Å². The van der Waals surface area contributed by atoms with Gasteiger partial charge in [0.1, 0.15) is 0 Å². The molecule has 2 unspecified atom stereocenters. The number of benzene rings is 1. The molecule has 5 nitrogen and oxygen atoms in total. The average molecular weight is 505 g/mol. The van der Waals surface area contributed by atoms with Crippen molar-refractivity contribution in [2.45, 2.75) is 32.6 Å². The molecule has 2 atom stereocenters. The molecular weight excluding hydrogens is 473 g/mol. The van der Waals surface area contributed by atoms with E-state index >= 15 is 0 Å². The zero-order valence-corrected chi connectivity index (χ0v) is 19.4. The molecule has 0 bridgehead atoms. The van der Waals surface area contributed by atoms with E-state index in [0.29, 0.717) is 29.9 Å². The second kappa shape index (κ2) is 10.1. The maximum absolute atomic E-state index is 11.7. The van der Waals surface area contributed by atoms with Crippen LogP contribution in [0.25, 0.3) is 0 Å². The molecule has 0 saturated carbocycles. The first-order chi connectivity index (χ1) is 12.4. The van der Waals surface area contributed by atoms with Crippen LogP contribution in [0.2, 0.25) is 0 Å². The Balaban J connectivity index is 0.00000261. The van der Waals surface area contributed by atoms with Crippen molar-refractivity contribution < 1.29 is 8.42 Å². The van der Waals surface area contributed by atoms with Gasteiger partial charge in [-0.2, -0.15) is 0 Å². The van der Waals surface area contributed by atoms with E-state index in [1.807, 2.05) is 0 Å². The lowest BCUT2D eigenvalue weighted by atomic mass is 9.99. The molecule has 0 aromatic heterocycles. The summed E-state index contributed by atoms with van der Waals surface area (Å²) in [7, 11) is -2.83. The maximum atomic E-state index is 11.7. The highest BCUT2D eigenvalue weighted by atomic mass is 127. The maximum Gasteiger partial charge on any atom is 0.193 e. The Morgan fingerprint density at radius 1 is 1.26 bits per heavy atom. The summed E-state index contributed by atoms with van der Waals surface area (Å²) in [5.41, 5.74) is 1.39. The van der Waals surface area contributed by atoms with E-state index in [0.717, 1.165) is 38.4 Å². The van der Waals surface area contributed by atoms with Gasteiger partial charge in [-0.05, 0) is 30.2 Å². The van der Waals surface area contributed by atoms with E-state index in [-0.39, 0.29) is 29.9 Å². The number of hydrogen-bond donors (Lipinski definition) is 1. The number of halogens is 1. The third-order valence-electron chi connectivity index (χ3n) is 5.24. The van der Waals surface area contributed by atoms with E-state index in [1.165, 1.54) is 5.56 Å². The van der Waals surface area contributed by atoms with Crippen LogP contribution in [-0.4, -0.2) is 57.0 Å². The molecule has 2 heterocycles. The van der Waals surface area contributed by atoms with E-state index in [2.05, 4.69) is 54.4 Å². The minimum atomic E-state index is -2.83. The molecule has 1 aromatic rings. The topological polar surface area (TPSA) is 61.8 Å². The molecule has 7 heteroatoms. The highest BCUT2D eigenvalue weighted by Gasteiger charge is 2.30. The fourth-order valence-corrected chi connectivity index (χ4v) is 5.62. The highest BCUT2D eigenvalue weighted by Crippen LogP contribution is 2.27. The summed E-state index contributed by atoms with van der Waals surface area (Å²) < 4.78 is 23.4. The quantitative estimate of drug-likeness (QED) is 0.380. The van der Waals surface area contributed by atoms with Crippen molar-refractivity contribution in [3.63, 3.8) is 0 Å². The Kier molecular flexibility index (Phi) is 8.39. The standard InChI is InChI=1S/C20H31N3O2S.HI/c1-16(2)12-21-20(22-13-17-9-11-26(24,25)15-17)23-10-8-19(14-23)18-6-4-3-5-7-18;/h3-7,16-17,19H,8-15H2,1-2H3,(H,21,22);1H. The van der Waals surface area contributed by atoms with E-state index in [9.17, 15) is 8.42 Å². The number of nitrogens with one attached hydrogen (secondary N) is 1. The van der Waals surface area contributed by atoms with Gasteiger partial charge in [-0.15, -0.1) is 24.0 Å². The number of hydrogen-bond acceptors (Lipinski definition) is 3. The van der Waals surface area contributed by atoms with Crippen molar-refractivity contribution in [2.24, 2.45) is 16.8 Å². The van der Waals surface area contributed by atoms with Gasteiger partial charge in [0.15, 0.2) is 15.8 Å². The fraction of sp³-hybridized carbons (Fsp3) is 0.650. The largest absolute Gasteiger partial charge is 0.356 e. The second-order valence-electron chi connectivity index (χ2n) is 8.05. The van der Waals surface area contributed by atoms with Crippen LogP contribution in [-0.2, 0) is 9.84 Å². The van der Waals surface area contributed by atoms with Crippen molar-refractivity contribution in [3.8, 4) is 0 Å². The molecule has 2 aliphatic rings. The fourth-order valence-electron chi connectivity index (χ4n) is 3.76. The van der Waals surface area contributed by atoms with Gasteiger partial charge in [-0.1, -0.05) is 44.2 Å². The van der Waals surface area contributed by atoms with Crippen LogP contribution in [0.1, 0.15) is 38.2 Å². The van der Waals surface area contributed by atoms with Gasteiger partial charge in [0, 0.05) is 32.1 Å². The molecule has 152 valence electrons.